The summed E-state index contributed by atoms with van der Waals surface area (Å²) in [4.78, 5) is 11.8. The van der Waals surface area contributed by atoms with E-state index < -0.39 is 17.9 Å². The lowest BCUT2D eigenvalue weighted by Gasteiger charge is -2.37. The first-order valence-electron chi connectivity index (χ1n) is 7.08. The van der Waals surface area contributed by atoms with Gasteiger partial charge in [0.15, 0.2) is 0 Å². The third kappa shape index (κ3) is 2.37. The van der Waals surface area contributed by atoms with Crippen LogP contribution in [0.25, 0.3) is 0 Å². The van der Waals surface area contributed by atoms with E-state index in [0.717, 1.165) is 16.8 Å². The number of rotatable bonds is 3. The van der Waals surface area contributed by atoms with E-state index in [2.05, 4.69) is 11.9 Å². The number of carboxylic acid groups (broad SMARTS) is 1. The fraction of sp³-hybridized carbons (Fsp3) is 0.167. The lowest BCUT2D eigenvalue weighted by atomic mass is 9.75. The second kappa shape index (κ2) is 5.64. The summed E-state index contributed by atoms with van der Waals surface area (Å²) < 4.78 is 13.1. The molecule has 0 unspecified atom stereocenters. The van der Waals surface area contributed by atoms with Crippen molar-refractivity contribution < 1.29 is 14.3 Å². The van der Waals surface area contributed by atoms with E-state index in [4.69, 9.17) is 0 Å². The Morgan fingerprint density at radius 3 is 2.50 bits per heavy atom. The Kier molecular flexibility index (Phi) is 3.67. The molecule has 2 aromatic carbocycles. The highest BCUT2D eigenvalue weighted by atomic mass is 19.1. The van der Waals surface area contributed by atoms with E-state index in [1.54, 1.807) is 18.2 Å². The summed E-state index contributed by atoms with van der Waals surface area (Å²) in [6.07, 6.45) is 1.68. The molecule has 1 aliphatic rings. The number of allylic oxidation sites excluding steroid dienone is 1. The first kappa shape index (κ1) is 14.3. The third-order valence-corrected chi connectivity index (χ3v) is 4.15. The molecule has 112 valence electrons. The van der Waals surface area contributed by atoms with Crippen molar-refractivity contribution in [1.82, 2.24) is 0 Å². The van der Waals surface area contributed by atoms with Gasteiger partial charge in [-0.2, -0.15) is 0 Å². The predicted molar refractivity (Wildman–Crippen MR) is 83.3 cm³/mol. The van der Waals surface area contributed by atoms with Crippen LogP contribution in [0.3, 0.4) is 0 Å². The minimum atomic E-state index is -0.902. The molecule has 0 aliphatic carbocycles. The molecular weight excluding hydrogens is 281 g/mol. The van der Waals surface area contributed by atoms with Gasteiger partial charge in [-0.15, -0.1) is 6.58 Å². The van der Waals surface area contributed by atoms with E-state index in [-0.39, 0.29) is 11.7 Å². The molecule has 0 saturated heterocycles. The minimum absolute atomic E-state index is 0.301. The third-order valence-electron chi connectivity index (χ3n) is 4.15. The standard InChI is InChI=1S/C18H16FNO2/c1-2-13-14-5-3-4-6-15(14)20-17(16(13)18(21)22)11-7-9-12(19)10-8-11/h2-10,13,16-17,20H,1H2,(H,21,22)/t13-,16-,17-/m1/s1. The Morgan fingerprint density at radius 2 is 1.86 bits per heavy atom. The largest absolute Gasteiger partial charge is 0.481 e. The van der Waals surface area contributed by atoms with E-state index in [9.17, 15) is 14.3 Å². The van der Waals surface area contributed by atoms with Crippen molar-refractivity contribution in [2.75, 3.05) is 5.32 Å². The number of hydrogen-bond acceptors (Lipinski definition) is 2. The van der Waals surface area contributed by atoms with Crippen LogP contribution < -0.4 is 5.32 Å². The molecule has 4 heteroatoms. The molecule has 1 aliphatic heterocycles. The Morgan fingerprint density at radius 1 is 1.18 bits per heavy atom. The average Bonchev–Trinajstić information content (AvgIpc) is 2.53. The summed E-state index contributed by atoms with van der Waals surface area (Å²) in [5, 5.41) is 13.0. The highest BCUT2D eigenvalue weighted by Crippen LogP contribution is 2.45. The van der Waals surface area contributed by atoms with Crippen LogP contribution in [-0.2, 0) is 4.79 Å². The maximum absolute atomic E-state index is 13.1. The highest BCUT2D eigenvalue weighted by Gasteiger charge is 2.40. The Bertz CT molecular complexity index is 711. The number of hydrogen-bond donors (Lipinski definition) is 2. The molecule has 3 nitrogen and oxygen atoms in total. The number of aliphatic carboxylic acids is 1. The first-order valence-corrected chi connectivity index (χ1v) is 7.08. The topological polar surface area (TPSA) is 49.3 Å². The van der Waals surface area contributed by atoms with Gasteiger partial charge in [-0.1, -0.05) is 36.4 Å². The maximum atomic E-state index is 13.1. The summed E-state index contributed by atoms with van der Waals surface area (Å²) >= 11 is 0. The van der Waals surface area contributed by atoms with Crippen molar-refractivity contribution in [3.8, 4) is 0 Å². The second-order valence-electron chi connectivity index (χ2n) is 5.39. The van der Waals surface area contributed by atoms with E-state index in [1.165, 1.54) is 12.1 Å². The smallest absolute Gasteiger partial charge is 0.309 e. The summed E-state index contributed by atoms with van der Waals surface area (Å²) in [5.41, 5.74) is 2.55. The molecule has 2 N–H and O–H groups in total. The van der Waals surface area contributed by atoms with E-state index in [1.807, 2.05) is 24.3 Å². The summed E-state index contributed by atoms with van der Waals surface area (Å²) in [6.45, 7) is 3.81. The van der Waals surface area contributed by atoms with Crippen LogP contribution in [0.4, 0.5) is 10.1 Å². The van der Waals surface area contributed by atoms with Gasteiger partial charge in [0.25, 0.3) is 0 Å². The number of carboxylic acids is 1. The molecule has 22 heavy (non-hydrogen) atoms. The Labute approximate surface area is 128 Å². The SMILES string of the molecule is C=C[C@@H]1c2ccccc2N[C@H](c2ccc(F)cc2)[C@@H]1C(=O)O. The van der Waals surface area contributed by atoms with Crippen LogP contribution in [0.2, 0.25) is 0 Å². The van der Waals surface area contributed by atoms with Crippen LogP contribution in [-0.4, -0.2) is 11.1 Å². The van der Waals surface area contributed by atoms with Gasteiger partial charge >= 0.3 is 5.97 Å². The number of fused-ring (bicyclic) bond motifs is 1. The number of halogens is 1. The van der Waals surface area contributed by atoms with Crippen molar-refractivity contribution in [1.29, 1.82) is 0 Å². The molecule has 0 fully saturated rings. The van der Waals surface area contributed by atoms with Crippen LogP contribution in [0.15, 0.2) is 61.2 Å². The molecule has 0 aromatic heterocycles. The molecule has 1 heterocycles. The zero-order valence-electron chi connectivity index (χ0n) is 11.9. The van der Waals surface area contributed by atoms with Gasteiger partial charge in [0.1, 0.15) is 5.82 Å². The summed E-state index contributed by atoms with van der Waals surface area (Å²) in [7, 11) is 0. The predicted octanol–water partition coefficient (Wildman–Crippen LogP) is 3.96. The Balaban J connectivity index is 2.11. The molecule has 3 rings (SSSR count). The van der Waals surface area contributed by atoms with Crippen molar-refractivity contribution in [2.24, 2.45) is 5.92 Å². The second-order valence-corrected chi connectivity index (χ2v) is 5.39. The fourth-order valence-electron chi connectivity index (χ4n) is 3.11. The van der Waals surface area contributed by atoms with Gasteiger partial charge in [0.2, 0.25) is 0 Å². The van der Waals surface area contributed by atoms with Crippen molar-refractivity contribution >= 4 is 11.7 Å². The fourth-order valence-corrected chi connectivity index (χ4v) is 3.11. The quantitative estimate of drug-likeness (QED) is 0.843. The van der Waals surface area contributed by atoms with E-state index in [0.29, 0.717) is 0 Å². The van der Waals surface area contributed by atoms with Gasteiger partial charge in [-0.25, -0.2) is 4.39 Å². The zero-order chi connectivity index (χ0) is 15.7. The Hall–Kier alpha value is -2.62. The molecule has 0 radical (unpaired) electrons. The van der Waals surface area contributed by atoms with Crippen molar-refractivity contribution in [3.05, 3.63) is 78.1 Å². The number of benzene rings is 2. The van der Waals surface area contributed by atoms with E-state index >= 15 is 0 Å². The van der Waals surface area contributed by atoms with Crippen molar-refractivity contribution in [3.63, 3.8) is 0 Å². The zero-order valence-corrected chi connectivity index (χ0v) is 11.9. The minimum Gasteiger partial charge on any atom is -0.481 e. The van der Waals surface area contributed by atoms with Crippen LogP contribution in [0, 0.1) is 11.7 Å². The van der Waals surface area contributed by atoms with Gasteiger partial charge in [-0.3, -0.25) is 4.79 Å². The number of carbonyl (C=O) groups is 1. The monoisotopic (exact) mass is 297 g/mol. The van der Waals surface area contributed by atoms with Gasteiger partial charge in [-0.05, 0) is 29.3 Å². The number of anilines is 1. The lowest BCUT2D eigenvalue weighted by molar-refractivity contribution is -0.142. The van der Waals surface area contributed by atoms with Gasteiger partial charge < -0.3 is 10.4 Å². The van der Waals surface area contributed by atoms with Gasteiger partial charge in [0.05, 0.1) is 12.0 Å². The average molecular weight is 297 g/mol. The highest BCUT2D eigenvalue weighted by molar-refractivity contribution is 5.77. The van der Waals surface area contributed by atoms with Crippen molar-refractivity contribution in [2.45, 2.75) is 12.0 Å². The molecule has 0 saturated carbocycles. The molecule has 0 bridgehead atoms. The number of para-hydroxylation sites is 1. The molecule has 3 atom stereocenters. The summed E-state index contributed by atoms with van der Waals surface area (Å²) in [5.74, 6) is -2.24. The normalized spacial score (nSPS) is 23.2. The van der Waals surface area contributed by atoms with Gasteiger partial charge in [0, 0.05) is 11.6 Å². The molecule has 0 spiro atoms. The first-order chi connectivity index (χ1) is 10.6. The van der Waals surface area contributed by atoms with Crippen LogP contribution in [0.5, 0.6) is 0 Å². The summed E-state index contributed by atoms with van der Waals surface area (Å²) in [6, 6.07) is 13.1. The molecule has 0 amide bonds. The lowest BCUT2D eigenvalue weighted by Crippen LogP contribution is -2.36. The maximum Gasteiger partial charge on any atom is 0.309 e. The molecular formula is C18H16FNO2. The molecule has 2 aromatic rings. The number of nitrogens with one attached hydrogen (secondary N) is 1. The van der Waals surface area contributed by atoms with Crippen LogP contribution >= 0.6 is 0 Å². The van der Waals surface area contributed by atoms with Crippen LogP contribution in [0.1, 0.15) is 23.1 Å².